The maximum atomic E-state index is 5.75. The van der Waals surface area contributed by atoms with Crippen molar-refractivity contribution in [2.45, 2.75) is 31.4 Å². The summed E-state index contributed by atoms with van der Waals surface area (Å²) in [5.41, 5.74) is 0. The van der Waals surface area contributed by atoms with Crippen LogP contribution in [0, 0.1) is 0 Å². The molecule has 1 atom stereocenters. The van der Waals surface area contributed by atoms with E-state index in [-0.39, 0.29) is 6.10 Å². The maximum Gasteiger partial charge on any atom is 0.240 e. The highest BCUT2D eigenvalue weighted by Crippen LogP contribution is 2.38. The van der Waals surface area contributed by atoms with Crippen molar-refractivity contribution >= 4 is 0 Å². The summed E-state index contributed by atoms with van der Waals surface area (Å²) in [6, 6.07) is 0. The molecule has 1 unspecified atom stereocenters. The summed E-state index contributed by atoms with van der Waals surface area (Å²) in [7, 11) is 1.82. The van der Waals surface area contributed by atoms with Gasteiger partial charge in [0.1, 0.15) is 6.10 Å². The molecule has 0 amide bonds. The Bertz CT molecular complexity index is 621. The minimum atomic E-state index is -0.121. The first-order valence-electron chi connectivity index (χ1n) is 7.18. The lowest BCUT2D eigenvalue weighted by molar-refractivity contribution is -0.0414. The quantitative estimate of drug-likeness (QED) is 0.779. The monoisotopic (exact) mass is 291 g/mol. The molecule has 112 valence electrons. The van der Waals surface area contributed by atoms with Gasteiger partial charge in [0, 0.05) is 26.1 Å². The van der Waals surface area contributed by atoms with Crippen molar-refractivity contribution in [3.63, 3.8) is 0 Å². The zero-order valence-electron chi connectivity index (χ0n) is 11.8. The normalized spacial score (nSPS) is 23.6. The lowest BCUT2D eigenvalue weighted by atomic mass is 10.2. The van der Waals surface area contributed by atoms with Gasteiger partial charge in [-0.15, -0.1) is 5.10 Å². The highest BCUT2D eigenvalue weighted by Gasteiger charge is 2.30. The van der Waals surface area contributed by atoms with Gasteiger partial charge in [0.25, 0.3) is 0 Å². The number of hydrogen-bond donors (Lipinski definition) is 0. The van der Waals surface area contributed by atoms with Crippen LogP contribution in [-0.4, -0.2) is 54.9 Å². The Morgan fingerprint density at radius 1 is 1.33 bits per heavy atom. The fraction of sp³-hybridized carbons (Fsp3) is 0.750. The molecule has 0 spiro atoms. The first kappa shape index (κ1) is 12.8. The van der Waals surface area contributed by atoms with Crippen LogP contribution in [-0.2, 0) is 18.3 Å². The second-order valence-electron chi connectivity index (χ2n) is 5.58. The standard InChI is InChI=1S/C12H17N7O2/c1-18-12(14-16-17-18)9-6-19(4-5-20-9)7-10-13-11(15-21-10)8-2-3-8/h8-9H,2-7H2,1H3. The average molecular weight is 291 g/mol. The molecule has 1 aliphatic carbocycles. The van der Waals surface area contributed by atoms with Crippen LogP contribution in [0.25, 0.3) is 0 Å². The van der Waals surface area contributed by atoms with Crippen molar-refractivity contribution < 1.29 is 9.26 Å². The lowest BCUT2D eigenvalue weighted by Gasteiger charge is -2.30. The van der Waals surface area contributed by atoms with Gasteiger partial charge in [-0.25, -0.2) is 4.68 Å². The minimum Gasteiger partial charge on any atom is -0.367 e. The summed E-state index contributed by atoms with van der Waals surface area (Å²) >= 11 is 0. The van der Waals surface area contributed by atoms with Crippen LogP contribution in [0.3, 0.4) is 0 Å². The Balaban J connectivity index is 1.41. The smallest absolute Gasteiger partial charge is 0.240 e. The molecule has 0 radical (unpaired) electrons. The molecule has 2 aliphatic rings. The summed E-state index contributed by atoms with van der Waals surface area (Å²) < 4.78 is 12.7. The molecule has 21 heavy (non-hydrogen) atoms. The van der Waals surface area contributed by atoms with Crippen LogP contribution in [0.15, 0.2) is 4.52 Å². The second-order valence-corrected chi connectivity index (χ2v) is 5.58. The summed E-state index contributed by atoms with van der Waals surface area (Å²) in [4.78, 5) is 6.70. The van der Waals surface area contributed by atoms with Crippen LogP contribution < -0.4 is 0 Å². The predicted octanol–water partition coefficient (Wildman–Crippen LogP) is 0.0440. The first-order chi connectivity index (χ1) is 10.3. The number of nitrogens with zero attached hydrogens (tertiary/aromatic N) is 7. The first-order valence-corrected chi connectivity index (χ1v) is 7.18. The van der Waals surface area contributed by atoms with Gasteiger partial charge in [0.15, 0.2) is 11.6 Å². The molecule has 9 nitrogen and oxygen atoms in total. The van der Waals surface area contributed by atoms with Gasteiger partial charge in [-0.1, -0.05) is 5.16 Å². The fourth-order valence-corrected chi connectivity index (χ4v) is 2.54. The van der Waals surface area contributed by atoms with Crippen molar-refractivity contribution in [2.75, 3.05) is 19.7 Å². The van der Waals surface area contributed by atoms with Crippen molar-refractivity contribution in [3.8, 4) is 0 Å². The topological polar surface area (TPSA) is 95.0 Å². The second kappa shape index (κ2) is 5.15. The number of aromatic nitrogens is 6. The Labute approximate surface area is 121 Å². The van der Waals surface area contributed by atoms with E-state index in [0.29, 0.717) is 25.0 Å². The number of ether oxygens (including phenoxy) is 1. The summed E-state index contributed by atoms with van der Waals surface area (Å²) in [6.45, 7) is 2.84. The zero-order valence-corrected chi connectivity index (χ0v) is 11.8. The van der Waals surface area contributed by atoms with Crippen molar-refractivity contribution in [2.24, 2.45) is 7.05 Å². The maximum absolute atomic E-state index is 5.75. The highest BCUT2D eigenvalue weighted by atomic mass is 16.5. The van der Waals surface area contributed by atoms with Crippen LogP contribution in [0.2, 0.25) is 0 Å². The lowest BCUT2D eigenvalue weighted by Crippen LogP contribution is -2.38. The van der Waals surface area contributed by atoms with Gasteiger partial charge in [-0.05, 0) is 23.3 Å². The molecular weight excluding hydrogens is 274 g/mol. The number of aryl methyl sites for hydroxylation is 1. The van der Waals surface area contributed by atoms with Gasteiger partial charge < -0.3 is 9.26 Å². The van der Waals surface area contributed by atoms with Crippen molar-refractivity contribution in [1.29, 1.82) is 0 Å². The molecule has 2 fully saturated rings. The van der Waals surface area contributed by atoms with E-state index in [0.717, 1.165) is 24.7 Å². The summed E-state index contributed by atoms with van der Waals surface area (Å²) in [5, 5.41) is 15.6. The number of tetrazole rings is 1. The van der Waals surface area contributed by atoms with Crippen LogP contribution in [0.4, 0.5) is 0 Å². The number of morpholine rings is 1. The Kier molecular flexibility index (Phi) is 3.15. The van der Waals surface area contributed by atoms with E-state index in [1.807, 2.05) is 7.05 Å². The molecule has 3 heterocycles. The molecule has 2 aromatic rings. The van der Waals surface area contributed by atoms with E-state index in [1.54, 1.807) is 4.68 Å². The molecule has 0 aromatic carbocycles. The van der Waals surface area contributed by atoms with Gasteiger partial charge in [-0.2, -0.15) is 4.98 Å². The molecule has 1 saturated heterocycles. The van der Waals surface area contributed by atoms with Gasteiger partial charge in [0.2, 0.25) is 5.89 Å². The molecule has 9 heteroatoms. The van der Waals surface area contributed by atoms with E-state index in [2.05, 4.69) is 30.6 Å². The van der Waals surface area contributed by atoms with Crippen molar-refractivity contribution in [1.82, 2.24) is 35.2 Å². The number of hydrogen-bond acceptors (Lipinski definition) is 8. The Hall–Kier alpha value is -1.87. The average Bonchev–Trinajstić information content (AvgIpc) is 3.09. The van der Waals surface area contributed by atoms with E-state index in [4.69, 9.17) is 9.26 Å². The summed E-state index contributed by atoms with van der Waals surface area (Å²) in [5.74, 6) is 2.79. The van der Waals surface area contributed by atoms with Crippen LogP contribution in [0.5, 0.6) is 0 Å². The van der Waals surface area contributed by atoms with E-state index in [1.165, 1.54) is 12.8 Å². The van der Waals surface area contributed by atoms with E-state index in [9.17, 15) is 0 Å². The molecule has 0 bridgehead atoms. The molecule has 0 N–H and O–H groups in total. The molecule has 1 aliphatic heterocycles. The summed E-state index contributed by atoms with van der Waals surface area (Å²) in [6.07, 6.45) is 2.24. The number of rotatable bonds is 4. The van der Waals surface area contributed by atoms with Crippen LogP contribution in [0.1, 0.15) is 42.4 Å². The minimum absolute atomic E-state index is 0.121. The predicted molar refractivity (Wildman–Crippen MR) is 69.0 cm³/mol. The molecular formula is C12H17N7O2. The van der Waals surface area contributed by atoms with E-state index >= 15 is 0 Å². The third kappa shape index (κ3) is 2.66. The zero-order chi connectivity index (χ0) is 14.2. The Morgan fingerprint density at radius 3 is 3.00 bits per heavy atom. The van der Waals surface area contributed by atoms with E-state index < -0.39 is 0 Å². The SMILES string of the molecule is Cn1nnnc1C1CN(Cc2nc(C3CC3)no2)CCO1. The van der Waals surface area contributed by atoms with Gasteiger partial charge >= 0.3 is 0 Å². The fourth-order valence-electron chi connectivity index (χ4n) is 2.54. The highest BCUT2D eigenvalue weighted by molar-refractivity contribution is 5.03. The molecule has 1 saturated carbocycles. The largest absolute Gasteiger partial charge is 0.367 e. The van der Waals surface area contributed by atoms with Crippen LogP contribution >= 0.6 is 0 Å². The third-order valence-electron chi connectivity index (χ3n) is 3.88. The third-order valence-corrected chi connectivity index (χ3v) is 3.88. The molecule has 2 aromatic heterocycles. The van der Waals surface area contributed by atoms with Gasteiger partial charge in [-0.3, -0.25) is 4.90 Å². The van der Waals surface area contributed by atoms with Gasteiger partial charge in [0.05, 0.1) is 13.2 Å². The van der Waals surface area contributed by atoms with Crippen molar-refractivity contribution in [3.05, 3.63) is 17.5 Å². The molecule has 4 rings (SSSR count). The Morgan fingerprint density at radius 2 is 2.24 bits per heavy atom.